The van der Waals surface area contributed by atoms with Crippen molar-refractivity contribution >= 4 is 23.5 Å². The van der Waals surface area contributed by atoms with E-state index in [0.29, 0.717) is 12.3 Å². The molecule has 1 fully saturated rings. The van der Waals surface area contributed by atoms with Crippen molar-refractivity contribution in [3.05, 3.63) is 24.3 Å². The summed E-state index contributed by atoms with van der Waals surface area (Å²) in [4.78, 5) is 37.3. The summed E-state index contributed by atoms with van der Waals surface area (Å²) >= 11 is 0. The number of carboxylic acids is 2. The van der Waals surface area contributed by atoms with Gasteiger partial charge in [-0.1, -0.05) is 25.0 Å². The number of rotatable bonds is 8. The van der Waals surface area contributed by atoms with E-state index in [0.717, 1.165) is 37.3 Å². The lowest BCUT2D eigenvalue weighted by Crippen LogP contribution is -2.57. The molecule has 9 heteroatoms. The number of aliphatic carboxylic acids is 2. The normalized spacial score (nSPS) is 23.2. The molecule has 2 atom stereocenters. The SMILES string of the molecule is N[C@@]1([C@H](CCCC2CCNCC2)C(=O)O)CC(=O)N(CC(=O)O)c2ccccc2O1. The highest BCUT2D eigenvalue weighted by Gasteiger charge is 2.47. The number of amides is 1. The van der Waals surface area contributed by atoms with Gasteiger partial charge in [-0.25, -0.2) is 0 Å². The molecule has 0 unspecified atom stereocenters. The minimum absolute atomic E-state index is 0.205. The van der Waals surface area contributed by atoms with Gasteiger partial charge in [0.25, 0.3) is 0 Å². The highest BCUT2D eigenvalue weighted by atomic mass is 16.5. The summed E-state index contributed by atoms with van der Waals surface area (Å²) < 4.78 is 5.92. The van der Waals surface area contributed by atoms with Crippen LogP contribution in [0.15, 0.2) is 24.3 Å². The van der Waals surface area contributed by atoms with Crippen molar-refractivity contribution in [2.45, 2.75) is 44.2 Å². The molecule has 0 aliphatic carbocycles. The van der Waals surface area contributed by atoms with Crippen LogP contribution in [0.4, 0.5) is 5.69 Å². The molecular formula is C21H29N3O6. The quantitative estimate of drug-likeness (QED) is 0.495. The predicted octanol–water partition coefficient (Wildman–Crippen LogP) is 1.41. The van der Waals surface area contributed by atoms with Crippen molar-refractivity contribution in [1.29, 1.82) is 0 Å². The second-order valence-electron chi connectivity index (χ2n) is 8.09. The molecule has 2 heterocycles. The fraction of sp³-hybridized carbons (Fsp3) is 0.571. The molecule has 3 rings (SSSR count). The maximum Gasteiger partial charge on any atom is 0.323 e. The van der Waals surface area contributed by atoms with Crippen LogP contribution in [0, 0.1) is 11.8 Å². The van der Waals surface area contributed by atoms with Gasteiger partial charge in [-0.15, -0.1) is 0 Å². The van der Waals surface area contributed by atoms with Crippen molar-refractivity contribution in [1.82, 2.24) is 5.32 Å². The standard InChI is InChI=1S/C21H29N3O6/c22-21(15(20(28)29)5-3-4-14-8-10-23-11-9-14)12-18(25)24(13-19(26)27)16-6-1-2-7-17(16)30-21/h1-2,6-7,14-15,23H,3-5,8-13,22H2,(H,26,27)(H,28,29)/t15-,21+/m1/s1. The second-order valence-corrected chi connectivity index (χ2v) is 8.09. The van der Waals surface area contributed by atoms with Gasteiger partial charge in [0, 0.05) is 0 Å². The zero-order valence-corrected chi connectivity index (χ0v) is 16.9. The van der Waals surface area contributed by atoms with Crippen LogP contribution in [-0.2, 0) is 14.4 Å². The Bertz CT molecular complexity index is 795. The van der Waals surface area contributed by atoms with Gasteiger partial charge in [0.1, 0.15) is 18.2 Å². The van der Waals surface area contributed by atoms with Crippen LogP contribution in [-0.4, -0.2) is 53.4 Å². The number of ether oxygens (including phenoxy) is 1. The Labute approximate surface area is 175 Å². The minimum atomic E-state index is -1.76. The number of piperidine rings is 1. The lowest BCUT2D eigenvalue weighted by molar-refractivity contribution is -0.152. The Morgan fingerprint density at radius 1 is 1.27 bits per heavy atom. The molecule has 1 aromatic carbocycles. The Morgan fingerprint density at radius 2 is 1.97 bits per heavy atom. The van der Waals surface area contributed by atoms with E-state index in [2.05, 4.69) is 5.32 Å². The number of hydrogen-bond acceptors (Lipinski definition) is 6. The summed E-state index contributed by atoms with van der Waals surface area (Å²) in [5, 5.41) is 22.4. The van der Waals surface area contributed by atoms with E-state index in [9.17, 15) is 24.6 Å². The third kappa shape index (κ3) is 5.09. The van der Waals surface area contributed by atoms with Gasteiger partial charge in [0.05, 0.1) is 12.1 Å². The lowest BCUT2D eigenvalue weighted by Gasteiger charge is -2.34. The topological polar surface area (TPSA) is 142 Å². The molecule has 5 N–H and O–H groups in total. The Morgan fingerprint density at radius 3 is 2.63 bits per heavy atom. The van der Waals surface area contributed by atoms with Crippen LogP contribution < -0.4 is 20.7 Å². The number of carbonyl (C=O) groups is 3. The van der Waals surface area contributed by atoms with Crippen LogP contribution in [0.5, 0.6) is 5.75 Å². The van der Waals surface area contributed by atoms with Crippen LogP contribution in [0.3, 0.4) is 0 Å². The van der Waals surface area contributed by atoms with E-state index in [1.807, 2.05) is 0 Å². The van der Waals surface area contributed by atoms with Gasteiger partial charge in [-0.05, 0) is 50.4 Å². The summed E-state index contributed by atoms with van der Waals surface area (Å²) in [5.74, 6) is -3.22. The maximum absolute atomic E-state index is 12.9. The molecule has 0 radical (unpaired) electrons. The molecule has 0 spiro atoms. The monoisotopic (exact) mass is 419 g/mol. The molecule has 9 nitrogen and oxygen atoms in total. The summed E-state index contributed by atoms with van der Waals surface area (Å²) in [7, 11) is 0. The lowest BCUT2D eigenvalue weighted by atomic mass is 9.85. The largest absolute Gasteiger partial charge is 0.481 e. The van der Waals surface area contributed by atoms with Gasteiger partial charge >= 0.3 is 11.9 Å². The highest BCUT2D eigenvalue weighted by Crippen LogP contribution is 2.39. The van der Waals surface area contributed by atoms with Crippen LogP contribution in [0.1, 0.15) is 38.5 Å². The average molecular weight is 419 g/mol. The predicted molar refractivity (Wildman–Crippen MR) is 109 cm³/mol. The first-order valence-corrected chi connectivity index (χ1v) is 10.3. The number of carbonyl (C=O) groups excluding carboxylic acids is 1. The third-order valence-electron chi connectivity index (χ3n) is 5.93. The molecule has 0 saturated carbocycles. The second kappa shape index (κ2) is 9.44. The minimum Gasteiger partial charge on any atom is -0.481 e. The van der Waals surface area contributed by atoms with Crippen molar-refractivity contribution in [2.24, 2.45) is 17.6 Å². The van der Waals surface area contributed by atoms with Crippen molar-refractivity contribution in [3.8, 4) is 5.75 Å². The van der Waals surface area contributed by atoms with E-state index in [1.165, 1.54) is 0 Å². The van der Waals surface area contributed by atoms with E-state index in [4.69, 9.17) is 10.5 Å². The fourth-order valence-corrected chi connectivity index (χ4v) is 4.33. The first kappa shape index (κ1) is 22.0. The average Bonchev–Trinajstić information content (AvgIpc) is 2.80. The number of para-hydroxylation sites is 2. The summed E-state index contributed by atoms with van der Waals surface area (Å²) in [5.41, 5.74) is 4.92. The summed E-state index contributed by atoms with van der Waals surface area (Å²) in [6, 6.07) is 6.45. The third-order valence-corrected chi connectivity index (χ3v) is 5.93. The molecule has 2 aliphatic heterocycles. The Hall–Kier alpha value is -2.65. The Kier molecular flexibility index (Phi) is 6.94. The number of nitrogens with one attached hydrogen (secondary N) is 1. The highest BCUT2D eigenvalue weighted by molar-refractivity contribution is 6.00. The number of fused-ring (bicyclic) bond motifs is 1. The molecular weight excluding hydrogens is 390 g/mol. The number of carboxylic acid groups (broad SMARTS) is 2. The molecule has 0 aromatic heterocycles. The molecule has 1 aromatic rings. The van der Waals surface area contributed by atoms with Gasteiger partial charge in [-0.2, -0.15) is 0 Å². The number of hydrogen-bond donors (Lipinski definition) is 4. The fourth-order valence-electron chi connectivity index (χ4n) is 4.33. The maximum atomic E-state index is 12.9. The molecule has 30 heavy (non-hydrogen) atoms. The first-order chi connectivity index (χ1) is 14.3. The van der Waals surface area contributed by atoms with Gasteiger partial charge in [0.2, 0.25) is 5.91 Å². The first-order valence-electron chi connectivity index (χ1n) is 10.3. The van der Waals surface area contributed by atoms with Crippen molar-refractivity contribution in [3.63, 3.8) is 0 Å². The van der Waals surface area contributed by atoms with Crippen LogP contribution >= 0.6 is 0 Å². The van der Waals surface area contributed by atoms with Crippen LogP contribution in [0.2, 0.25) is 0 Å². The van der Waals surface area contributed by atoms with E-state index < -0.39 is 42.5 Å². The van der Waals surface area contributed by atoms with Gasteiger partial charge in [0.15, 0.2) is 5.72 Å². The number of anilines is 1. The number of benzene rings is 1. The molecule has 164 valence electrons. The summed E-state index contributed by atoms with van der Waals surface area (Å²) in [6.07, 6.45) is 3.56. The smallest absolute Gasteiger partial charge is 0.323 e. The van der Waals surface area contributed by atoms with E-state index in [-0.39, 0.29) is 17.9 Å². The van der Waals surface area contributed by atoms with Gasteiger partial charge in [-0.3, -0.25) is 25.0 Å². The van der Waals surface area contributed by atoms with Crippen LogP contribution in [0.25, 0.3) is 0 Å². The van der Waals surface area contributed by atoms with Crippen molar-refractivity contribution in [2.75, 3.05) is 24.5 Å². The molecule has 1 saturated heterocycles. The number of nitrogens with zero attached hydrogens (tertiary/aromatic N) is 1. The van der Waals surface area contributed by atoms with Gasteiger partial charge < -0.3 is 20.3 Å². The number of nitrogens with two attached hydrogens (primary N) is 1. The van der Waals surface area contributed by atoms with E-state index in [1.54, 1.807) is 24.3 Å². The zero-order valence-electron chi connectivity index (χ0n) is 16.9. The summed E-state index contributed by atoms with van der Waals surface area (Å²) in [6.45, 7) is 1.39. The Balaban J connectivity index is 1.80. The molecule has 0 bridgehead atoms. The van der Waals surface area contributed by atoms with Crippen molar-refractivity contribution < 1.29 is 29.3 Å². The molecule has 2 aliphatic rings. The van der Waals surface area contributed by atoms with E-state index >= 15 is 0 Å². The zero-order chi connectivity index (χ0) is 21.7. The molecule has 1 amide bonds.